The van der Waals surface area contributed by atoms with Crippen LogP contribution < -0.4 is 5.32 Å². The van der Waals surface area contributed by atoms with Crippen LogP contribution in [0.25, 0.3) is 0 Å². The zero-order valence-corrected chi connectivity index (χ0v) is 11.8. The molecule has 1 heterocycles. The number of rotatable bonds is 5. The van der Waals surface area contributed by atoms with Gasteiger partial charge in [-0.05, 0) is 38.6 Å². The van der Waals surface area contributed by atoms with Gasteiger partial charge >= 0.3 is 0 Å². The van der Waals surface area contributed by atoms with Gasteiger partial charge < -0.3 is 5.32 Å². The van der Waals surface area contributed by atoms with E-state index in [1.807, 2.05) is 0 Å². The van der Waals surface area contributed by atoms with Gasteiger partial charge in [0.15, 0.2) is 0 Å². The topological polar surface area (TPSA) is 15.3 Å². The van der Waals surface area contributed by atoms with Gasteiger partial charge in [-0.3, -0.25) is 4.90 Å². The Morgan fingerprint density at radius 3 is 2.12 bits per heavy atom. The Morgan fingerprint density at radius 1 is 1.19 bits per heavy atom. The van der Waals surface area contributed by atoms with Gasteiger partial charge in [-0.25, -0.2) is 0 Å². The quantitative estimate of drug-likeness (QED) is 0.775. The Bertz CT molecular complexity index is 191. The zero-order chi connectivity index (χ0) is 12.2. The number of piperidine rings is 1. The smallest absolute Gasteiger partial charge is 0.0201 e. The van der Waals surface area contributed by atoms with Crippen LogP contribution in [-0.4, -0.2) is 36.6 Å². The minimum absolute atomic E-state index is 0.465. The Balaban J connectivity index is 2.68. The van der Waals surface area contributed by atoms with Gasteiger partial charge in [0.1, 0.15) is 0 Å². The summed E-state index contributed by atoms with van der Waals surface area (Å²) >= 11 is 0. The summed E-state index contributed by atoms with van der Waals surface area (Å²) < 4.78 is 0. The maximum Gasteiger partial charge on any atom is 0.0201 e. The first kappa shape index (κ1) is 14.0. The summed E-state index contributed by atoms with van der Waals surface area (Å²) in [6.45, 7) is 12.0. The Labute approximate surface area is 102 Å². The van der Waals surface area contributed by atoms with E-state index in [1.54, 1.807) is 0 Å². The molecule has 0 radical (unpaired) electrons. The number of hydrogen-bond acceptors (Lipinski definition) is 2. The van der Waals surface area contributed by atoms with Crippen molar-refractivity contribution in [3.05, 3.63) is 0 Å². The fourth-order valence-corrected chi connectivity index (χ4v) is 3.43. The lowest BCUT2D eigenvalue weighted by atomic mass is 9.83. The van der Waals surface area contributed by atoms with E-state index in [1.165, 1.54) is 38.8 Å². The summed E-state index contributed by atoms with van der Waals surface area (Å²) in [6.07, 6.45) is 5.17. The third-order valence-corrected chi connectivity index (χ3v) is 4.92. The van der Waals surface area contributed by atoms with Crippen molar-refractivity contribution in [3.63, 3.8) is 0 Å². The average molecular weight is 226 g/mol. The molecule has 0 aromatic carbocycles. The van der Waals surface area contributed by atoms with Crippen LogP contribution in [0.15, 0.2) is 0 Å². The molecule has 1 aliphatic rings. The lowest BCUT2D eigenvalue weighted by molar-refractivity contribution is 0.0240. The summed E-state index contributed by atoms with van der Waals surface area (Å²) in [5.41, 5.74) is 0.465. The lowest BCUT2D eigenvalue weighted by Crippen LogP contribution is -2.56. The molecular weight excluding hydrogens is 196 g/mol. The molecule has 2 nitrogen and oxygen atoms in total. The van der Waals surface area contributed by atoms with Crippen molar-refractivity contribution < 1.29 is 0 Å². The highest BCUT2D eigenvalue weighted by atomic mass is 15.2. The van der Waals surface area contributed by atoms with E-state index < -0.39 is 0 Å². The summed E-state index contributed by atoms with van der Waals surface area (Å²) in [5.74, 6) is 0.780. The van der Waals surface area contributed by atoms with Gasteiger partial charge in [0.2, 0.25) is 0 Å². The van der Waals surface area contributed by atoms with Crippen molar-refractivity contribution in [3.8, 4) is 0 Å². The molecule has 1 rings (SSSR count). The van der Waals surface area contributed by atoms with Crippen LogP contribution >= 0.6 is 0 Å². The Kier molecular flexibility index (Phi) is 5.26. The largest absolute Gasteiger partial charge is 0.317 e. The molecule has 0 aromatic rings. The van der Waals surface area contributed by atoms with Crippen LogP contribution in [0.2, 0.25) is 0 Å². The first-order valence-electron chi connectivity index (χ1n) is 7.05. The van der Waals surface area contributed by atoms with Gasteiger partial charge in [0.25, 0.3) is 0 Å². The molecule has 2 atom stereocenters. The highest BCUT2D eigenvalue weighted by molar-refractivity contribution is 4.93. The molecule has 0 aromatic heterocycles. The van der Waals surface area contributed by atoms with Crippen LogP contribution in [0.3, 0.4) is 0 Å². The third kappa shape index (κ3) is 2.60. The number of likely N-dealkylation sites (tertiary alicyclic amines) is 1. The van der Waals surface area contributed by atoms with Gasteiger partial charge in [-0.1, -0.05) is 27.7 Å². The first-order valence-corrected chi connectivity index (χ1v) is 7.05. The molecule has 1 aliphatic heterocycles. The molecule has 0 bridgehead atoms. The van der Waals surface area contributed by atoms with Crippen molar-refractivity contribution in [2.24, 2.45) is 5.92 Å². The van der Waals surface area contributed by atoms with E-state index in [0.717, 1.165) is 12.0 Å². The number of hydrogen-bond donors (Lipinski definition) is 1. The number of nitrogens with zero attached hydrogens (tertiary/aromatic N) is 1. The van der Waals surface area contributed by atoms with Gasteiger partial charge in [0.05, 0.1) is 0 Å². The molecule has 0 spiro atoms. The van der Waals surface area contributed by atoms with E-state index in [0.29, 0.717) is 5.54 Å². The van der Waals surface area contributed by atoms with E-state index in [2.05, 4.69) is 45.0 Å². The van der Waals surface area contributed by atoms with Crippen molar-refractivity contribution in [1.29, 1.82) is 0 Å². The molecule has 16 heavy (non-hydrogen) atoms. The van der Waals surface area contributed by atoms with E-state index in [-0.39, 0.29) is 0 Å². The SMILES string of the molecule is CCC(CC)(CC)N1CCC(NC)C(C)C1. The number of nitrogens with one attached hydrogen (secondary N) is 1. The molecule has 1 fully saturated rings. The summed E-state index contributed by atoms with van der Waals surface area (Å²) in [5, 5.41) is 3.45. The minimum Gasteiger partial charge on any atom is -0.317 e. The van der Waals surface area contributed by atoms with Gasteiger partial charge in [-0.15, -0.1) is 0 Å². The predicted molar refractivity (Wildman–Crippen MR) is 71.8 cm³/mol. The van der Waals surface area contributed by atoms with Crippen LogP contribution in [0.1, 0.15) is 53.4 Å². The average Bonchev–Trinajstić information content (AvgIpc) is 2.32. The van der Waals surface area contributed by atoms with Crippen LogP contribution in [-0.2, 0) is 0 Å². The Hall–Kier alpha value is -0.0800. The fourth-order valence-electron chi connectivity index (χ4n) is 3.43. The van der Waals surface area contributed by atoms with Crippen molar-refractivity contribution in [1.82, 2.24) is 10.2 Å². The molecule has 0 amide bonds. The van der Waals surface area contributed by atoms with Gasteiger partial charge in [-0.2, -0.15) is 0 Å². The monoisotopic (exact) mass is 226 g/mol. The second kappa shape index (κ2) is 6.02. The first-order chi connectivity index (χ1) is 7.63. The molecule has 1 saturated heterocycles. The van der Waals surface area contributed by atoms with E-state index in [9.17, 15) is 0 Å². The normalized spacial score (nSPS) is 28.3. The molecule has 0 saturated carbocycles. The molecule has 2 unspecified atom stereocenters. The second-order valence-electron chi connectivity index (χ2n) is 5.39. The van der Waals surface area contributed by atoms with Crippen molar-refractivity contribution in [2.75, 3.05) is 20.1 Å². The van der Waals surface area contributed by atoms with Crippen LogP contribution in [0, 0.1) is 5.92 Å². The van der Waals surface area contributed by atoms with Crippen LogP contribution in [0.4, 0.5) is 0 Å². The predicted octanol–water partition coefficient (Wildman–Crippen LogP) is 2.89. The zero-order valence-electron chi connectivity index (χ0n) is 11.8. The highest BCUT2D eigenvalue weighted by Gasteiger charge is 2.36. The van der Waals surface area contributed by atoms with E-state index in [4.69, 9.17) is 0 Å². The maximum atomic E-state index is 3.45. The lowest BCUT2D eigenvalue weighted by Gasteiger charge is -2.48. The standard InChI is InChI=1S/C14H30N2/c1-6-14(7-2,8-3)16-10-9-13(15-5)12(4)11-16/h12-13,15H,6-11H2,1-5H3. The highest BCUT2D eigenvalue weighted by Crippen LogP contribution is 2.32. The molecule has 1 N–H and O–H groups in total. The third-order valence-electron chi connectivity index (χ3n) is 4.92. The maximum absolute atomic E-state index is 3.45. The van der Waals surface area contributed by atoms with Crippen LogP contribution in [0.5, 0.6) is 0 Å². The summed E-state index contributed by atoms with van der Waals surface area (Å²) in [4.78, 5) is 2.76. The molecular formula is C14H30N2. The fraction of sp³-hybridized carbons (Fsp3) is 1.00. The summed E-state index contributed by atoms with van der Waals surface area (Å²) in [7, 11) is 2.10. The molecule has 0 aliphatic carbocycles. The molecule has 2 heteroatoms. The van der Waals surface area contributed by atoms with Crippen molar-refractivity contribution in [2.45, 2.75) is 65.0 Å². The van der Waals surface area contributed by atoms with E-state index >= 15 is 0 Å². The van der Waals surface area contributed by atoms with Crippen molar-refractivity contribution >= 4 is 0 Å². The summed E-state index contributed by atoms with van der Waals surface area (Å²) in [6, 6.07) is 0.722. The minimum atomic E-state index is 0.465. The van der Waals surface area contributed by atoms with Gasteiger partial charge in [0, 0.05) is 24.7 Å². The second-order valence-corrected chi connectivity index (χ2v) is 5.39. The Morgan fingerprint density at radius 2 is 1.75 bits per heavy atom. The molecule has 96 valence electrons.